The number of amides is 1. The second-order valence-electron chi connectivity index (χ2n) is 10.4. The van der Waals surface area contributed by atoms with Crippen molar-refractivity contribution in [2.75, 3.05) is 18.8 Å². The largest absolute Gasteiger partial charge is 0.444 e. The Hall–Kier alpha value is -4.65. The Kier molecular flexibility index (Phi) is 6.36. The number of carbonyl (C=O) groups is 1. The number of pyridine rings is 2. The molecule has 2 N–H and O–H groups in total. The molecule has 4 heterocycles. The monoisotopic (exact) mass is 511 g/mol. The van der Waals surface area contributed by atoms with Crippen molar-refractivity contribution in [3.8, 4) is 23.0 Å². The Bertz CT molecular complexity index is 1590. The lowest BCUT2D eigenvalue weighted by Gasteiger charge is -2.34. The highest BCUT2D eigenvalue weighted by atomic mass is 16.6. The molecule has 1 amide bonds. The van der Waals surface area contributed by atoms with Crippen LogP contribution in [-0.2, 0) is 4.74 Å². The topological polar surface area (TPSA) is 132 Å². The third-order valence-electron chi connectivity index (χ3n) is 6.51. The van der Waals surface area contributed by atoms with E-state index in [1.807, 2.05) is 54.3 Å². The van der Waals surface area contributed by atoms with E-state index >= 15 is 0 Å². The van der Waals surface area contributed by atoms with Crippen LogP contribution < -0.4 is 11.2 Å². The molecule has 0 aliphatic carbocycles. The Labute approximate surface area is 219 Å². The molecule has 1 aromatic carbocycles. The van der Waals surface area contributed by atoms with Crippen molar-refractivity contribution >= 4 is 22.8 Å². The van der Waals surface area contributed by atoms with E-state index in [2.05, 4.69) is 11.1 Å². The maximum absolute atomic E-state index is 12.8. The number of nitrogens with zero attached hydrogens (tertiary/aromatic N) is 6. The highest BCUT2D eigenvalue weighted by Crippen LogP contribution is 2.36. The lowest BCUT2D eigenvalue weighted by atomic mass is 10.0. The molecule has 1 aliphatic heterocycles. The first-order chi connectivity index (χ1) is 18.1. The van der Waals surface area contributed by atoms with Gasteiger partial charge in [0.05, 0.1) is 22.5 Å². The summed E-state index contributed by atoms with van der Waals surface area (Å²) in [7, 11) is 0. The summed E-state index contributed by atoms with van der Waals surface area (Å²) in [6, 6.07) is 12.8. The minimum atomic E-state index is -0.592. The fourth-order valence-corrected chi connectivity index (χ4v) is 4.77. The summed E-state index contributed by atoms with van der Waals surface area (Å²) in [6.07, 6.45) is 6.08. The minimum Gasteiger partial charge on any atom is -0.444 e. The average Bonchev–Trinajstić information content (AvgIpc) is 3.30. The zero-order valence-electron chi connectivity index (χ0n) is 21.6. The van der Waals surface area contributed by atoms with E-state index < -0.39 is 5.60 Å². The van der Waals surface area contributed by atoms with Crippen LogP contribution in [-0.4, -0.2) is 49.0 Å². The Morgan fingerprint density at radius 1 is 1.16 bits per heavy atom. The summed E-state index contributed by atoms with van der Waals surface area (Å²) in [5.74, 6) is 0.282. The molecule has 38 heavy (non-hydrogen) atoms. The number of piperidine rings is 1. The molecule has 1 saturated heterocycles. The van der Waals surface area contributed by atoms with E-state index in [1.54, 1.807) is 17.3 Å². The van der Waals surface area contributed by atoms with Gasteiger partial charge in [-0.1, -0.05) is 12.1 Å². The molecule has 0 saturated carbocycles. The van der Waals surface area contributed by atoms with Crippen molar-refractivity contribution < 1.29 is 9.53 Å². The quantitative estimate of drug-likeness (QED) is 0.434. The van der Waals surface area contributed by atoms with Crippen LogP contribution in [0.4, 0.5) is 10.6 Å². The second-order valence-corrected chi connectivity index (χ2v) is 10.4. The van der Waals surface area contributed by atoms with E-state index in [0.717, 1.165) is 24.1 Å². The van der Waals surface area contributed by atoms with Crippen molar-refractivity contribution in [1.82, 2.24) is 24.2 Å². The summed E-state index contributed by atoms with van der Waals surface area (Å²) in [5, 5.41) is 15.5. The van der Waals surface area contributed by atoms with Gasteiger partial charge >= 0.3 is 6.09 Å². The van der Waals surface area contributed by atoms with E-state index in [-0.39, 0.29) is 23.4 Å². The van der Waals surface area contributed by atoms with E-state index in [0.29, 0.717) is 35.2 Å². The normalized spacial score (nSPS) is 15.8. The number of carbonyl (C=O) groups excluding carboxylic acids is 1. The van der Waals surface area contributed by atoms with Gasteiger partial charge in [-0.15, -0.1) is 0 Å². The number of hydrogen-bond donors (Lipinski definition) is 1. The summed E-state index contributed by atoms with van der Waals surface area (Å²) in [5.41, 5.74) is 8.97. The molecule has 194 valence electrons. The first kappa shape index (κ1) is 25.0. The molecule has 0 radical (unpaired) electrons. The van der Waals surface area contributed by atoms with Crippen LogP contribution in [0, 0.1) is 11.3 Å². The number of aromatic nitrogens is 4. The average molecular weight is 512 g/mol. The molecule has 1 aliphatic rings. The molecular formula is C28H29N7O3. The number of nitrogen functional groups attached to an aromatic ring is 1. The number of benzene rings is 1. The smallest absolute Gasteiger partial charge is 0.410 e. The number of likely N-dealkylation sites (tertiary alicyclic amines) is 1. The lowest BCUT2D eigenvalue weighted by Crippen LogP contribution is -2.43. The van der Waals surface area contributed by atoms with Crippen LogP contribution in [0.3, 0.4) is 0 Å². The number of nitrogens with two attached hydrogens (primary N) is 1. The first-order valence-corrected chi connectivity index (χ1v) is 12.5. The van der Waals surface area contributed by atoms with Crippen molar-refractivity contribution in [3.05, 3.63) is 70.8 Å². The van der Waals surface area contributed by atoms with Gasteiger partial charge in [0.2, 0.25) is 0 Å². The molecule has 1 fully saturated rings. The molecule has 5 rings (SSSR count). The maximum atomic E-state index is 12.8. The summed E-state index contributed by atoms with van der Waals surface area (Å²) in [4.78, 5) is 30.2. The number of anilines is 1. The zero-order valence-corrected chi connectivity index (χ0v) is 21.6. The van der Waals surface area contributed by atoms with Gasteiger partial charge in [0.15, 0.2) is 5.43 Å². The molecular weight excluding hydrogens is 482 g/mol. The van der Waals surface area contributed by atoms with Crippen LogP contribution in [0.2, 0.25) is 0 Å². The van der Waals surface area contributed by atoms with Crippen molar-refractivity contribution in [2.45, 2.75) is 45.3 Å². The highest BCUT2D eigenvalue weighted by molar-refractivity contribution is 6.02. The standard InChI is InChI=1S/C28H29N7O3/c1-28(2,3)38-27(37)34-12-4-5-21(17-34)35-25-19(15-29)16-31-26(30)23(25)24(32-35)18-6-8-20(9-7-18)33-13-10-22(36)11-14-33/h6-11,13-14,16,21H,4-5,12,17H2,1-3H3,(H2,30,31)/t21-/m1/s1. The van der Waals surface area contributed by atoms with Crippen LogP contribution >= 0.6 is 0 Å². The number of fused-ring (bicyclic) bond motifs is 1. The fourth-order valence-electron chi connectivity index (χ4n) is 4.77. The van der Waals surface area contributed by atoms with Gasteiger partial charge < -0.3 is 19.9 Å². The molecule has 10 heteroatoms. The van der Waals surface area contributed by atoms with Gasteiger partial charge in [-0.25, -0.2) is 9.78 Å². The van der Waals surface area contributed by atoms with Gasteiger partial charge in [0.1, 0.15) is 23.2 Å². The zero-order chi connectivity index (χ0) is 27.0. The van der Waals surface area contributed by atoms with Crippen molar-refractivity contribution in [3.63, 3.8) is 0 Å². The summed E-state index contributed by atoms with van der Waals surface area (Å²) >= 11 is 0. The van der Waals surface area contributed by atoms with Gasteiger partial charge in [-0.05, 0) is 45.7 Å². The van der Waals surface area contributed by atoms with E-state index in [4.69, 9.17) is 15.6 Å². The highest BCUT2D eigenvalue weighted by Gasteiger charge is 2.31. The Morgan fingerprint density at radius 3 is 2.53 bits per heavy atom. The summed E-state index contributed by atoms with van der Waals surface area (Å²) < 4.78 is 9.27. The number of rotatable bonds is 3. The van der Waals surface area contributed by atoms with Crippen molar-refractivity contribution in [1.29, 1.82) is 5.26 Å². The summed E-state index contributed by atoms with van der Waals surface area (Å²) in [6.45, 7) is 6.54. The van der Waals surface area contributed by atoms with Crippen molar-refractivity contribution in [2.24, 2.45) is 0 Å². The Balaban J connectivity index is 1.56. The molecule has 10 nitrogen and oxygen atoms in total. The third kappa shape index (κ3) is 4.83. The number of nitriles is 1. The van der Waals surface area contributed by atoms with Crippen LogP contribution in [0.25, 0.3) is 27.8 Å². The molecule has 0 bridgehead atoms. The lowest BCUT2D eigenvalue weighted by molar-refractivity contribution is 0.0169. The first-order valence-electron chi connectivity index (χ1n) is 12.5. The van der Waals surface area contributed by atoms with E-state index in [1.165, 1.54) is 18.3 Å². The SMILES string of the molecule is CC(C)(C)OC(=O)N1CCC[C@@H](n2nc(-c3ccc(-n4ccc(=O)cc4)cc3)c3c(N)ncc(C#N)c32)C1. The van der Waals surface area contributed by atoms with E-state index in [9.17, 15) is 14.9 Å². The maximum Gasteiger partial charge on any atom is 0.410 e. The molecule has 0 spiro atoms. The second kappa shape index (κ2) is 9.67. The van der Waals surface area contributed by atoms with Crippen LogP contribution in [0.1, 0.15) is 45.2 Å². The predicted molar refractivity (Wildman–Crippen MR) is 144 cm³/mol. The number of ether oxygens (including phenoxy) is 1. The van der Waals surface area contributed by atoms with Gasteiger partial charge in [-0.3, -0.25) is 9.48 Å². The molecule has 3 aromatic heterocycles. The molecule has 1 atom stereocenters. The third-order valence-corrected chi connectivity index (χ3v) is 6.51. The number of hydrogen-bond acceptors (Lipinski definition) is 7. The van der Waals surface area contributed by atoms with Gasteiger partial charge in [0.25, 0.3) is 0 Å². The van der Waals surface area contributed by atoms with Gasteiger partial charge in [-0.2, -0.15) is 10.4 Å². The van der Waals surface area contributed by atoms with Crippen LogP contribution in [0.15, 0.2) is 59.8 Å². The fraction of sp³-hybridized carbons (Fsp3) is 0.321. The molecule has 0 unspecified atom stereocenters. The molecule has 4 aromatic rings. The van der Waals surface area contributed by atoms with Gasteiger partial charge in [0, 0.05) is 55.1 Å². The van der Waals surface area contributed by atoms with Crippen LogP contribution in [0.5, 0.6) is 0 Å². The predicted octanol–water partition coefficient (Wildman–Crippen LogP) is 4.28. The minimum absolute atomic E-state index is 0.0564. The Morgan fingerprint density at radius 2 is 1.87 bits per heavy atom.